The molecule has 3 heteroatoms. The SMILES string of the molecule is CC1=[C-]CC=C1.[Cl][Ti][Cl]. The molecule has 0 amide bonds. The first kappa shape index (κ1) is 9.77. The van der Waals surface area contributed by atoms with E-state index in [2.05, 4.69) is 25.2 Å². The van der Waals surface area contributed by atoms with Crippen LogP contribution in [0.5, 0.6) is 0 Å². The Labute approximate surface area is 72.6 Å². The molecule has 0 atom stereocenters. The number of allylic oxidation sites excluding steroid dienone is 4. The average molecular weight is 198 g/mol. The third-order valence-corrected chi connectivity index (χ3v) is 0.867. The molecule has 0 aromatic heterocycles. The minimum atomic E-state index is -0.556. The molecular formula is C6H7Cl2Ti-. The van der Waals surface area contributed by atoms with Crippen molar-refractivity contribution in [3.63, 3.8) is 0 Å². The van der Waals surface area contributed by atoms with E-state index in [0.29, 0.717) is 0 Å². The fraction of sp³-hybridized carbons (Fsp3) is 0.333. The second-order valence-electron chi connectivity index (χ2n) is 1.54. The summed E-state index contributed by atoms with van der Waals surface area (Å²) in [7, 11) is 9.78. The summed E-state index contributed by atoms with van der Waals surface area (Å²) in [4.78, 5) is 0. The van der Waals surface area contributed by atoms with Gasteiger partial charge >= 0.3 is 35.6 Å². The maximum atomic E-state index is 4.89. The van der Waals surface area contributed by atoms with E-state index in [-0.39, 0.29) is 0 Å². The Bertz CT molecular complexity index is 115. The van der Waals surface area contributed by atoms with E-state index >= 15 is 0 Å². The normalized spacial score (nSPS) is 13.9. The number of halogens is 2. The molecule has 0 bridgehead atoms. The Morgan fingerprint density at radius 2 is 2.22 bits per heavy atom. The Balaban J connectivity index is 0.000000187. The Morgan fingerprint density at radius 1 is 1.67 bits per heavy atom. The molecule has 0 spiro atoms. The summed E-state index contributed by atoms with van der Waals surface area (Å²) in [5.41, 5.74) is 1.27. The van der Waals surface area contributed by atoms with Gasteiger partial charge in [0.2, 0.25) is 0 Å². The molecule has 0 heterocycles. The first-order chi connectivity index (χ1) is 4.31. The van der Waals surface area contributed by atoms with E-state index in [1.807, 2.05) is 0 Å². The van der Waals surface area contributed by atoms with Crippen molar-refractivity contribution in [2.75, 3.05) is 0 Å². The van der Waals surface area contributed by atoms with E-state index < -0.39 is 17.0 Å². The summed E-state index contributed by atoms with van der Waals surface area (Å²) in [6, 6.07) is 0. The molecule has 9 heavy (non-hydrogen) atoms. The topological polar surface area (TPSA) is 0 Å². The van der Waals surface area contributed by atoms with Crippen LogP contribution in [0, 0.1) is 6.08 Å². The molecule has 1 aliphatic rings. The van der Waals surface area contributed by atoms with Gasteiger partial charge < -0.3 is 0 Å². The van der Waals surface area contributed by atoms with Gasteiger partial charge in [0, 0.05) is 0 Å². The van der Waals surface area contributed by atoms with Gasteiger partial charge in [-0.1, -0.05) is 6.92 Å². The van der Waals surface area contributed by atoms with E-state index in [0.717, 1.165) is 6.42 Å². The molecule has 0 N–H and O–H groups in total. The summed E-state index contributed by atoms with van der Waals surface area (Å²) in [6.45, 7) is 2.06. The van der Waals surface area contributed by atoms with Gasteiger partial charge in [0.1, 0.15) is 0 Å². The van der Waals surface area contributed by atoms with E-state index in [9.17, 15) is 0 Å². The summed E-state index contributed by atoms with van der Waals surface area (Å²) in [5.74, 6) is 0. The molecule has 0 fully saturated rings. The average Bonchev–Trinajstić information content (AvgIpc) is 2.20. The molecule has 0 saturated carbocycles. The molecule has 0 saturated heterocycles. The van der Waals surface area contributed by atoms with Crippen LogP contribution < -0.4 is 0 Å². The van der Waals surface area contributed by atoms with Gasteiger partial charge in [0.05, 0.1) is 0 Å². The molecule has 0 unspecified atom stereocenters. The maximum absolute atomic E-state index is 4.89. The molecule has 1 rings (SSSR count). The molecule has 1 aliphatic carbocycles. The minimum absolute atomic E-state index is 0.556. The van der Waals surface area contributed by atoms with Gasteiger partial charge in [-0.05, 0) is 0 Å². The van der Waals surface area contributed by atoms with Crippen molar-refractivity contribution in [2.45, 2.75) is 13.3 Å². The van der Waals surface area contributed by atoms with Crippen LogP contribution in [0.15, 0.2) is 17.7 Å². The van der Waals surface area contributed by atoms with Crippen LogP contribution in [0.3, 0.4) is 0 Å². The van der Waals surface area contributed by atoms with Crippen molar-refractivity contribution in [3.8, 4) is 0 Å². The zero-order chi connectivity index (χ0) is 7.11. The predicted molar refractivity (Wildman–Crippen MR) is 37.9 cm³/mol. The summed E-state index contributed by atoms with van der Waals surface area (Å²) in [5, 5.41) is 0. The molecule has 0 radical (unpaired) electrons. The zero-order valence-electron chi connectivity index (χ0n) is 5.12. The van der Waals surface area contributed by atoms with Crippen molar-refractivity contribution in [2.24, 2.45) is 0 Å². The molecule has 0 nitrogen and oxygen atoms in total. The van der Waals surface area contributed by atoms with Crippen LogP contribution >= 0.6 is 18.6 Å². The third kappa shape index (κ3) is 6.66. The number of rotatable bonds is 0. The molecule has 50 valence electrons. The Morgan fingerprint density at radius 3 is 2.33 bits per heavy atom. The molecular weight excluding hydrogens is 191 g/mol. The Hall–Kier alpha value is 0.774. The van der Waals surface area contributed by atoms with Gasteiger partial charge in [-0.15, -0.1) is 6.42 Å². The number of hydrogen-bond donors (Lipinski definition) is 0. The second-order valence-corrected chi connectivity index (χ2v) is 4.12. The summed E-state index contributed by atoms with van der Waals surface area (Å²) >= 11 is -0.556. The molecule has 0 aromatic carbocycles. The Kier molecular flexibility index (Phi) is 7.48. The van der Waals surface area contributed by atoms with E-state index in [1.54, 1.807) is 0 Å². The molecule has 0 aliphatic heterocycles. The van der Waals surface area contributed by atoms with Crippen molar-refractivity contribution < 1.29 is 17.0 Å². The number of hydrogen-bond acceptors (Lipinski definition) is 0. The van der Waals surface area contributed by atoms with Crippen molar-refractivity contribution in [3.05, 3.63) is 23.8 Å². The summed E-state index contributed by atoms with van der Waals surface area (Å²) in [6.07, 6.45) is 8.33. The van der Waals surface area contributed by atoms with Crippen molar-refractivity contribution in [1.29, 1.82) is 0 Å². The van der Waals surface area contributed by atoms with Gasteiger partial charge in [-0.3, -0.25) is 6.08 Å². The van der Waals surface area contributed by atoms with Crippen LogP contribution in [0.4, 0.5) is 0 Å². The second kappa shape index (κ2) is 6.89. The van der Waals surface area contributed by atoms with Crippen LogP contribution in [0.2, 0.25) is 0 Å². The first-order valence-electron chi connectivity index (χ1n) is 2.51. The summed E-state index contributed by atoms with van der Waals surface area (Å²) < 4.78 is 0. The van der Waals surface area contributed by atoms with Crippen LogP contribution in [0.1, 0.15) is 13.3 Å². The monoisotopic (exact) mass is 197 g/mol. The fourth-order valence-corrected chi connectivity index (χ4v) is 0.515. The van der Waals surface area contributed by atoms with Crippen molar-refractivity contribution >= 4 is 18.6 Å². The van der Waals surface area contributed by atoms with Gasteiger partial charge in [0.25, 0.3) is 0 Å². The van der Waals surface area contributed by atoms with Gasteiger partial charge in [-0.25, -0.2) is 11.6 Å². The van der Waals surface area contributed by atoms with Crippen LogP contribution in [-0.2, 0) is 17.0 Å². The van der Waals surface area contributed by atoms with E-state index in [1.165, 1.54) is 5.57 Å². The zero-order valence-corrected chi connectivity index (χ0v) is 8.19. The predicted octanol–water partition coefficient (Wildman–Crippen LogP) is 3.07. The third-order valence-electron chi connectivity index (χ3n) is 0.867. The van der Waals surface area contributed by atoms with Crippen LogP contribution in [-0.4, -0.2) is 0 Å². The first-order valence-corrected chi connectivity index (χ1v) is 6.81. The standard InChI is InChI=1S/C6H7.2ClH.Ti/c1-6-4-2-3-5-6;;;/h2,4H,3H2,1H3;2*1H;/q-1;;;+2/p-2. The quantitative estimate of drug-likeness (QED) is 0.414. The van der Waals surface area contributed by atoms with Gasteiger partial charge in [-0.2, -0.15) is 6.08 Å². The van der Waals surface area contributed by atoms with Crippen molar-refractivity contribution in [1.82, 2.24) is 0 Å². The van der Waals surface area contributed by atoms with Crippen LogP contribution in [0.25, 0.3) is 0 Å². The fourth-order valence-electron chi connectivity index (χ4n) is 0.515. The molecule has 0 aromatic rings. The van der Waals surface area contributed by atoms with E-state index in [4.69, 9.17) is 18.6 Å². The van der Waals surface area contributed by atoms with Gasteiger partial charge in [0.15, 0.2) is 0 Å².